The highest BCUT2D eigenvalue weighted by Crippen LogP contribution is 2.27. The molecule has 20 heavy (non-hydrogen) atoms. The summed E-state index contributed by atoms with van der Waals surface area (Å²) in [4.78, 5) is 13.2. The fourth-order valence-electron chi connectivity index (χ4n) is 2.03. The Morgan fingerprint density at radius 2 is 2.10 bits per heavy atom. The van der Waals surface area contributed by atoms with Crippen molar-refractivity contribution in [2.75, 3.05) is 31.7 Å². The number of ether oxygens (including phenoxy) is 1. The maximum absolute atomic E-state index is 11.3. The van der Waals surface area contributed by atoms with Crippen molar-refractivity contribution in [1.82, 2.24) is 10.2 Å². The van der Waals surface area contributed by atoms with Gasteiger partial charge in [0.15, 0.2) is 5.69 Å². The zero-order valence-corrected chi connectivity index (χ0v) is 11.5. The van der Waals surface area contributed by atoms with Gasteiger partial charge in [0, 0.05) is 25.6 Å². The number of aromatic carboxylic acids is 1. The molecule has 0 bridgehead atoms. The Morgan fingerprint density at radius 1 is 1.35 bits per heavy atom. The van der Waals surface area contributed by atoms with Gasteiger partial charge in [0.25, 0.3) is 0 Å². The van der Waals surface area contributed by atoms with Crippen molar-refractivity contribution in [3.63, 3.8) is 0 Å². The van der Waals surface area contributed by atoms with Crippen LogP contribution in [0.5, 0.6) is 0 Å². The first-order chi connectivity index (χ1) is 9.65. The summed E-state index contributed by atoms with van der Waals surface area (Å²) >= 11 is 0. The summed E-state index contributed by atoms with van der Waals surface area (Å²) in [7, 11) is 1.83. The number of carbonyl (C=O) groups is 1. The van der Waals surface area contributed by atoms with Crippen LogP contribution in [0.1, 0.15) is 17.4 Å². The van der Waals surface area contributed by atoms with Gasteiger partial charge < -0.3 is 14.7 Å². The summed E-state index contributed by atoms with van der Waals surface area (Å²) in [5.41, 5.74) is 1.21. The van der Waals surface area contributed by atoms with Gasteiger partial charge in [0.1, 0.15) is 0 Å². The molecule has 1 N–H and O–H groups in total. The number of nitrogens with zero attached hydrogens (tertiary/aromatic N) is 3. The van der Waals surface area contributed by atoms with Gasteiger partial charge in [0.2, 0.25) is 0 Å². The number of hydrogen-bond donors (Lipinski definition) is 1. The SMILES string of the molecule is CCOCCN(C)c1c(C(=O)O)nnc2ccccc12. The summed E-state index contributed by atoms with van der Waals surface area (Å²) in [6.07, 6.45) is 0. The number of anilines is 1. The van der Waals surface area contributed by atoms with Crippen molar-refractivity contribution in [2.45, 2.75) is 6.92 Å². The van der Waals surface area contributed by atoms with Gasteiger partial charge >= 0.3 is 5.97 Å². The predicted molar refractivity (Wildman–Crippen MR) is 76.3 cm³/mol. The molecule has 0 spiro atoms. The molecule has 0 aliphatic rings. The summed E-state index contributed by atoms with van der Waals surface area (Å²) < 4.78 is 5.31. The topological polar surface area (TPSA) is 75.5 Å². The zero-order chi connectivity index (χ0) is 14.5. The van der Waals surface area contributed by atoms with Gasteiger partial charge in [-0.05, 0) is 13.0 Å². The molecular formula is C14H17N3O3. The molecule has 0 aliphatic heterocycles. The molecule has 0 amide bonds. The number of carboxylic acid groups (broad SMARTS) is 1. The standard InChI is InChI=1S/C14H17N3O3/c1-3-20-9-8-17(2)13-10-6-4-5-7-11(10)15-16-12(13)14(18)19/h4-7H,3,8-9H2,1-2H3,(H,18,19). The Bertz CT molecular complexity index is 616. The molecule has 0 atom stereocenters. The summed E-state index contributed by atoms with van der Waals surface area (Å²) in [6.45, 7) is 3.67. The molecule has 6 nitrogen and oxygen atoms in total. The Balaban J connectivity index is 2.46. The molecular weight excluding hydrogens is 258 g/mol. The molecule has 6 heteroatoms. The lowest BCUT2D eigenvalue weighted by molar-refractivity contribution is 0.0690. The number of fused-ring (bicyclic) bond motifs is 1. The number of rotatable bonds is 6. The summed E-state index contributed by atoms with van der Waals surface area (Å²) in [6, 6.07) is 7.37. The van der Waals surface area contributed by atoms with Crippen LogP contribution in [0.15, 0.2) is 24.3 Å². The Labute approximate surface area is 117 Å². The average Bonchev–Trinajstić information content (AvgIpc) is 2.46. The van der Waals surface area contributed by atoms with E-state index in [0.29, 0.717) is 31.0 Å². The van der Waals surface area contributed by atoms with Gasteiger partial charge in [-0.25, -0.2) is 4.79 Å². The van der Waals surface area contributed by atoms with Gasteiger partial charge in [-0.1, -0.05) is 18.2 Å². The van der Waals surface area contributed by atoms with Crippen molar-refractivity contribution in [1.29, 1.82) is 0 Å². The van der Waals surface area contributed by atoms with Gasteiger partial charge in [-0.15, -0.1) is 10.2 Å². The van der Waals surface area contributed by atoms with E-state index in [0.717, 1.165) is 5.39 Å². The molecule has 0 radical (unpaired) electrons. The minimum Gasteiger partial charge on any atom is -0.476 e. The highest BCUT2D eigenvalue weighted by molar-refractivity contribution is 6.02. The summed E-state index contributed by atoms with van der Waals surface area (Å²) in [5, 5.41) is 17.8. The number of likely N-dealkylation sites (N-methyl/N-ethyl adjacent to an activating group) is 1. The Kier molecular flexibility index (Phi) is 4.47. The third-order valence-corrected chi connectivity index (χ3v) is 3.00. The van der Waals surface area contributed by atoms with E-state index in [9.17, 15) is 9.90 Å². The smallest absolute Gasteiger partial charge is 0.358 e. The van der Waals surface area contributed by atoms with Crippen LogP contribution in [0, 0.1) is 0 Å². The second kappa shape index (κ2) is 6.29. The normalized spacial score (nSPS) is 10.7. The van der Waals surface area contributed by atoms with E-state index in [1.54, 1.807) is 0 Å². The molecule has 106 valence electrons. The van der Waals surface area contributed by atoms with E-state index in [-0.39, 0.29) is 5.69 Å². The summed E-state index contributed by atoms with van der Waals surface area (Å²) in [5.74, 6) is -1.08. The van der Waals surface area contributed by atoms with Crippen LogP contribution in [0.25, 0.3) is 10.9 Å². The van der Waals surface area contributed by atoms with E-state index in [2.05, 4.69) is 10.2 Å². The van der Waals surface area contributed by atoms with Crippen molar-refractivity contribution in [3.05, 3.63) is 30.0 Å². The van der Waals surface area contributed by atoms with Crippen LogP contribution in [-0.4, -0.2) is 48.1 Å². The first-order valence-electron chi connectivity index (χ1n) is 6.42. The Hall–Kier alpha value is -2.21. The first kappa shape index (κ1) is 14.2. The molecule has 0 saturated heterocycles. The molecule has 2 aromatic rings. The predicted octanol–water partition coefficient (Wildman–Crippen LogP) is 1.80. The van der Waals surface area contributed by atoms with Crippen LogP contribution in [-0.2, 0) is 4.74 Å². The highest BCUT2D eigenvalue weighted by Gasteiger charge is 2.19. The van der Waals surface area contributed by atoms with Crippen LogP contribution in [0.2, 0.25) is 0 Å². The third kappa shape index (κ3) is 2.85. The van der Waals surface area contributed by atoms with Crippen molar-refractivity contribution in [2.24, 2.45) is 0 Å². The van der Waals surface area contributed by atoms with Gasteiger partial charge in [-0.2, -0.15) is 0 Å². The first-order valence-corrected chi connectivity index (χ1v) is 6.42. The van der Waals surface area contributed by atoms with Gasteiger partial charge in [0.05, 0.1) is 17.8 Å². The molecule has 2 rings (SSSR count). The number of benzene rings is 1. The lowest BCUT2D eigenvalue weighted by Gasteiger charge is -2.21. The van der Waals surface area contributed by atoms with E-state index >= 15 is 0 Å². The number of carboxylic acids is 1. The van der Waals surface area contributed by atoms with Crippen LogP contribution >= 0.6 is 0 Å². The molecule has 1 aromatic heterocycles. The maximum Gasteiger partial charge on any atom is 0.358 e. The molecule has 1 heterocycles. The van der Waals surface area contributed by atoms with Crippen LogP contribution < -0.4 is 4.90 Å². The van der Waals surface area contributed by atoms with Crippen LogP contribution in [0.3, 0.4) is 0 Å². The second-order valence-electron chi connectivity index (χ2n) is 4.34. The second-order valence-corrected chi connectivity index (χ2v) is 4.34. The molecule has 1 aromatic carbocycles. The maximum atomic E-state index is 11.3. The van der Waals surface area contributed by atoms with E-state index in [1.807, 2.05) is 43.1 Å². The van der Waals surface area contributed by atoms with E-state index < -0.39 is 5.97 Å². The van der Waals surface area contributed by atoms with Crippen molar-refractivity contribution < 1.29 is 14.6 Å². The molecule has 0 fully saturated rings. The largest absolute Gasteiger partial charge is 0.476 e. The zero-order valence-electron chi connectivity index (χ0n) is 11.5. The molecule has 0 saturated carbocycles. The fourth-order valence-corrected chi connectivity index (χ4v) is 2.03. The highest BCUT2D eigenvalue weighted by atomic mass is 16.5. The number of aromatic nitrogens is 2. The van der Waals surface area contributed by atoms with E-state index in [4.69, 9.17) is 4.74 Å². The quantitative estimate of drug-likeness (QED) is 0.810. The third-order valence-electron chi connectivity index (χ3n) is 3.00. The molecule has 0 unspecified atom stereocenters. The minimum atomic E-state index is -1.08. The van der Waals surface area contributed by atoms with Gasteiger partial charge in [-0.3, -0.25) is 0 Å². The minimum absolute atomic E-state index is 0.0392. The van der Waals surface area contributed by atoms with E-state index in [1.165, 1.54) is 0 Å². The average molecular weight is 275 g/mol. The monoisotopic (exact) mass is 275 g/mol. The van der Waals surface area contributed by atoms with Crippen molar-refractivity contribution in [3.8, 4) is 0 Å². The van der Waals surface area contributed by atoms with Crippen molar-refractivity contribution >= 4 is 22.6 Å². The van der Waals surface area contributed by atoms with Crippen LogP contribution in [0.4, 0.5) is 5.69 Å². The Morgan fingerprint density at radius 3 is 2.80 bits per heavy atom. The molecule has 0 aliphatic carbocycles. The lowest BCUT2D eigenvalue weighted by atomic mass is 10.1. The lowest BCUT2D eigenvalue weighted by Crippen LogP contribution is -2.25. The number of hydrogen-bond acceptors (Lipinski definition) is 5. The fraction of sp³-hybridized carbons (Fsp3) is 0.357.